The quantitative estimate of drug-likeness (QED) is 0.660. The Morgan fingerprint density at radius 2 is 1.87 bits per heavy atom. The van der Waals surface area contributed by atoms with Crippen LogP contribution in [0.5, 0.6) is 0 Å². The van der Waals surface area contributed by atoms with Gasteiger partial charge < -0.3 is 4.90 Å². The van der Waals surface area contributed by atoms with Crippen LogP contribution in [-0.4, -0.2) is 64.1 Å². The fraction of sp³-hybridized carbons (Fsp3) is 0.435. The van der Waals surface area contributed by atoms with E-state index in [9.17, 15) is 14.4 Å². The van der Waals surface area contributed by atoms with Crippen LogP contribution in [0.2, 0.25) is 0 Å². The molecule has 0 N–H and O–H groups in total. The van der Waals surface area contributed by atoms with Gasteiger partial charge in [-0.3, -0.25) is 14.5 Å². The Morgan fingerprint density at radius 3 is 2.55 bits per heavy atom. The highest BCUT2D eigenvalue weighted by molar-refractivity contribution is 7.99. The van der Waals surface area contributed by atoms with Crippen molar-refractivity contribution in [2.75, 3.05) is 13.1 Å². The summed E-state index contributed by atoms with van der Waals surface area (Å²) in [6, 6.07) is 7.36. The van der Waals surface area contributed by atoms with Crippen LogP contribution in [-0.2, 0) is 16.0 Å². The van der Waals surface area contributed by atoms with Gasteiger partial charge in [0.05, 0.1) is 6.42 Å². The first-order valence-corrected chi connectivity index (χ1v) is 11.5. The van der Waals surface area contributed by atoms with Crippen molar-refractivity contribution in [3.63, 3.8) is 0 Å². The van der Waals surface area contributed by atoms with E-state index in [1.807, 2.05) is 17.0 Å². The molecule has 1 fully saturated rings. The molecular formula is C23H26N4O3S. The summed E-state index contributed by atoms with van der Waals surface area (Å²) in [7, 11) is 0. The fourth-order valence-corrected chi connectivity index (χ4v) is 4.93. The molecule has 8 heteroatoms. The smallest absolute Gasteiger partial charge is 0.342 e. The van der Waals surface area contributed by atoms with Gasteiger partial charge in [-0.25, -0.2) is 9.79 Å². The van der Waals surface area contributed by atoms with Gasteiger partial charge in [-0.15, -0.1) is 11.8 Å². The van der Waals surface area contributed by atoms with Crippen molar-refractivity contribution in [3.05, 3.63) is 42.0 Å². The number of benzene rings is 1. The molecule has 4 amide bonds. The zero-order chi connectivity index (χ0) is 22.0. The summed E-state index contributed by atoms with van der Waals surface area (Å²) < 4.78 is 0. The zero-order valence-electron chi connectivity index (χ0n) is 17.7. The lowest BCUT2D eigenvalue weighted by Crippen LogP contribution is -2.54. The molecule has 7 nitrogen and oxygen atoms in total. The first-order valence-electron chi connectivity index (χ1n) is 10.6. The van der Waals surface area contributed by atoms with Gasteiger partial charge >= 0.3 is 6.03 Å². The molecule has 1 aromatic rings. The molecule has 1 unspecified atom stereocenters. The Labute approximate surface area is 186 Å². The van der Waals surface area contributed by atoms with Gasteiger partial charge in [0.2, 0.25) is 11.8 Å². The molecule has 3 heterocycles. The number of hydrogen-bond acceptors (Lipinski definition) is 5. The van der Waals surface area contributed by atoms with Crippen molar-refractivity contribution < 1.29 is 14.4 Å². The van der Waals surface area contributed by atoms with Gasteiger partial charge in [-0.2, -0.15) is 4.99 Å². The lowest BCUT2D eigenvalue weighted by molar-refractivity contribution is -0.134. The van der Waals surface area contributed by atoms with Crippen molar-refractivity contribution in [2.45, 2.75) is 49.3 Å². The third-order valence-electron chi connectivity index (χ3n) is 5.63. The van der Waals surface area contributed by atoms with Gasteiger partial charge in [0.15, 0.2) is 0 Å². The highest BCUT2D eigenvalue weighted by Gasteiger charge is 2.41. The van der Waals surface area contributed by atoms with E-state index >= 15 is 0 Å². The first kappa shape index (κ1) is 21.5. The summed E-state index contributed by atoms with van der Waals surface area (Å²) in [4.78, 5) is 50.4. The summed E-state index contributed by atoms with van der Waals surface area (Å²) in [5.74, 6) is -0.519. The third kappa shape index (κ3) is 4.79. The molecule has 0 radical (unpaired) electrons. The number of aliphatic imine (C=N–C) groups is 2. The van der Waals surface area contributed by atoms with Crippen LogP contribution in [0.4, 0.5) is 4.79 Å². The predicted octanol–water partition coefficient (Wildman–Crippen LogP) is 3.34. The molecule has 0 bridgehead atoms. The molecule has 3 aliphatic heterocycles. The van der Waals surface area contributed by atoms with Crippen molar-refractivity contribution in [3.8, 4) is 0 Å². The maximum absolute atomic E-state index is 12.8. The van der Waals surface area contributed by atoms with Crippen LogP contribution in [0.15, 0.2) is 51.3 Å². The minimum absolute atomic E-state index is 0.0730. The topological polar surface area (TPSA) is 82.4 Å². The Bertz CT molecular complexity index is 960. The number of amides is 4. The molecule has 0 aliphatic carbocycles. The maximum atomic E-state index is 12.8. The van der Waals surface area contributed by atoms with Gasteiger partial charge in [0, 0.05) is 35.5 Å². The normalized spacial score (nSPS) is 21.5. The van der Waals surface area contributed by atoms with E-state index in [0.29, 0.717) is 37.6 Å². The van der Waals surface area contributed by atoms with Crippen LogP contribution in [0, 0.1) is 5.92 Å². The number of allylic oxidation sites excluding steroid dienone is 1. The lowest BCUT2D eigenvalue weighted by Gasteiger charge is -2.39. The highest BCUT2D eigenvalue weighted by Crippen LogP contribution is 2.26. The summed E-state index contributed by atoms with van der Waals surface area (Å²) in [6.07, 6.45) is 6.45. The number of piperidine rings is 1. The Balaban J connectivity index is 1.33. The highest BCUT2D eigenvalue weighted by atomic mass is 32.2. The minimum atomic E-state index is -0.584. The van der Waals surface area contributed by atoms with E-state index in [1.54, 1.807) is 23.9 Å². The Kier molecular flexibility index (Phi) is 6.36. The van der Waals surface area contributed by atoms with Crippen molar-refractivity contribution in [1.82, 2.24) is 9.80 Å². The average molecular weight is 439 g/mol. The largest absolute Gasteiger partial charge is 0.352 e. The number of dihydropyridines is 1. The van der Waals surface area contributed by atoms with Crippen LogP contribution in [0.25, 0.3) is 0 Å². The summed E-state index contributed by atoms with van der Waals surface area (Å²) >= 11 is 1.80. The second-order valence-electron chi connectivity index (χ2n) is 8.20. The Morgan fingerprint density at radius 1 is 1.16 bits per heavy atom. The Hall–Kier alpha value is -2.74. The third-order valence-corrected chi connectivity index (χ3v) is 6.64. The van der Waals surface area contributed by atoms with E-state index in [4.69, 9.17) is 0 Å². The van der Waals surface area contributed by atoms with Crippen LogP contribution in [0.3, 0.4) is 0 Å². The molecule has 3 aliphatic rings. The molecule has 4 rings (SSSR count). The van der Waals surface area contributed by atoms with Gasteiger partial charge in [0.25, 0.3) is 0 Å². The number of thioether (sulfide) groups is 1. The summed E-state index contributed by atoms with van der Waals surface area (Å²) in [6.45, 7) is 5.36. The van der Waals surface area contributed by atoms with Gasteiger partial charge in [-0.1, -0.05) is 32.1 Å². The van der Waals surface area contributed by atoms with E-state index in [1.165, 1.54) is 16.0 Å². The van der Waals surface area contributed by atoms with E-state index in [-0.39, 0.29) is 23.7 Å². The maximum Gasteiger partial charge on any atom is 0.352 e. The molecule has 0 spiro atoms. The van der Waals surface area contributed by atoms with Crippen molar-refractivity contribution in [1.29, 1.82) is 0 Å². The SMILES string of the molecule is CC(C)Sc1ccc(CC(=O)N2CCC(N3C(=O)N=C4N=CC=CC4C3=O)CC2)cc1. The van der Waals surface area contributed by atoms with Gasteiger partial charge in [0.1, 0.15) is 11.8 Å². The average Bonchev–Trinajstić information content (AvgIpc) is 2.75. The minimum Gasteiger partial charge on any atom is -0.342 e. The van der Waals surface area contributed by atoms with Crippen LogP contribution < -0.4 is 0 Å². The number of likely N-dealkylation sites (tertiary alicyclic amines) is 1. The number of nitrogens with zero attached hydrogens (tertiary/aromatic N) is 4. The number of amidine groups is 1. The van der Waals surface area contributed by atoms with E-state index in [2.05, 4.69) is 36.0 Å². The standard InChI is InChI=1S/C23H26N4O3S/c1-15(2)31-18-7-5-16(6-8-18)14-20(28)26-12-9-17(10-13-26)27-22(29)19-4-3-11-24-21(19)25-23(27)30/h3-8,11,15,17,19H,9-10,12-14H2,1-2H3. The monoisotopic (exact) mass is 438 g/mol. The molecule has 1 saturated heterocycles. The number of hydrogen-bond donors (Lipinski definition) is 0. The van der Waals surface area contributed by atoms with E-state index < -0.39 is 11.9 Å². The zero-order valence-corrected chi connectivity index (χ0v) is 18.5. The second-order valence-corrected chi connectivity index (χ2v) is 9.85. The molecule has 1 aromatic carbocycles. The van der Waals surface area contributed by atoms with Crippen LogP contribution in [0.1, 0.15) is 32.3 Å². The van der Waals surface area contributed by atoms with Crippen molar-refractivity contribution in [2.24, 2.45) is 15.9 Å². The molecule has 0 saturated carbocycles. The summed E-state index contributed by atoms with van der Waals surface area (Å²) in [5.41, 5.74) is 0.994. The number of carbonyl (C=O) groups excluding carboxylic acids is 3. The van der Waals surface area contributed by atoms with Gasteiger partial charge in [-0.05, 0) is 36.6 Å². The number of rotatable bonds is 5. The predicted molar refractivity (Wildman–Crippen MR) is 122 cm³/mol. The first-order chi connectivity index (χ1) is 14.9. The molecule has 0 aromatic heterocycles. The molecule has 162 valence electrons. The fourth-order valence-electron chi connectivity index (χ4n) is 4.09. The molecule has 1 atom stereocenters. The number of urea groups is 1. The van der Waals surface area contributed by atoms with Crippen molar-refractivity contribution >= 4 is 41.7 Å². The van der Waals surface area contributed by atoms with E-state index in [0.717, 1.165) is 5.56 Å². The second kappa shape index (κ2) is 9.18. The molecular weight excluding hydrogens is 412 g/mol. The van der Waals surface area contributed by atoms with Crippen LogP contribution >= 0.6 is 11.8 Å². The lowest BCUT2D eigenvalue weighted by atomic mass is 9.97. The molecule has 31 heavy (non-hydrogen) atoms. The number of fused-ring (bicyclic) bond motifs is 1. The summed E-state index contributed by atoms with van der Waals surface area (Å²) in [5, 5.41) is 0.520. The number of imide groups is 1. The number of carbonyl (C=O) groups is 3.